The highest BCUT2D eigenvalue weighted by Gasteiger charge is 2.03. The molecule has 1 aromatic carbocycles. The number of hydrogen-bond donors (Lipinski definition) is 2. The van der Waals surface area contributed by atoms with Gasteiger partial charge in [-0.3, -0.25) is 4.79 Å². The second-order valence-electron chi connectivity index (χ2n) is 3.57. The number of anilines is 1. The summed E-state index contributed by atoms with van der Waals surface area (Å²) in [6.45, 7) is 0.680. The van der Waals surface area contributed by atoms with Crippen molar-refractivity contribution in [2.45, 2.75) is 6.42 Å². The van der Waals surface area contributed by atoms with Crippen molar-refractivity contribution in [2.24, 2.45) is 0 Å². The number of benzene rings is 1. The summed E-state index contributed by atoms with van der Waals surface area (Å²) in [5.74, 6) is 0.0113. The van der Waals surface area contributed by atoms with Gasteiger partial charge in [0, 0.05) is 24.0 Å². The summed E-state index contributed by atoms with van der Waals surface area (Å²) in [5, 5.41) is 6.76. The standard InChI is InChI=1S/C12H14N2O2/c1-13-6-4-12(15)14-10-2-3-11-9(8-10)5-7-16-11/h2-3,5,7-8,13H,4,6H2,1H3,(H,14,15). The number of furan rings is 1. The van der Waals surface area contributed by atoms with Crippen LogP contribution in [0.15, 0.2) is 34.9 Å². The molecule has 0 atom stereocenters. The van der Waals surface area contributed by atoms with E-state index in [9.17, 15) is 4.79 Å². The fourth-order valence-electron chi connectivity index (χ4n) is 1.51. The quantitative estimate of drug-likeness (QED) is 0.825. The fraction of sp³-hybridized carbons (Fsp3) is 0.250. The first-order chi connectivity index (χ1) is 7.79. The lowest BCUT2D eigenvalue weighted by Gasteiger charge is -2.04. The zero-order chi connectivity index (χ0) is 11.4. The van der Waals surface area contributed by atoms with E-state index in [2.05, 4.69) is 10.6 Å². The molecule has 1 aromatic heterocycles. The Morgan fingerprint density at radius 2 is 2.25 bits per heavy atom. The number of fused-ring (bicyclic) bond motifs is 1. The molecule has 0 aliphatic carbocycles. The van der Waals surface area contributed by atoms with E-state index in [4.69, 9.17) is 4.42 Å². The minimum Gasteiger partial charge on any atom is -0.464 e. The van der Waals surface area contributed by atoms with E-state index in [1.165, 1.54) is 0 Å². The van der Waals surface area contributed by atoms with E-state index in [0.29, 0.717) is 13.0 Å². The topological polar surface area (TPSA) is 54.3 Å². The Balaban J connectivity index is 2.06. The van der Waals surface area contributed by atoms with E-state index in [0.717, 1.165) is 16.7 Å². The van der Waals surface area contributed by atoms with Crippen LogP contribution in [0.25, 0.3) is 11.0 Å². The van der Waals surface area contributed by atoms with Gasteiger partial charge in [-0.1, -0.05) is 0 Å². The maximum absolute atomic E-state index is 11.5. The summed E-state index contributed by atoms with van der Waals surface area (Å²) < 4.78 is 5.22. The van der Waals surface area contributed by atoms with E-state index in [1.807, 2.05) is 31.3 Å². The van der Waals surface area contributed by atoms with Crippen molar-refractivity contribution in [3.63, 3.8) is 0 Å². The van der Waals surface area contributed by atoms with E-state index < -0.39 is 0 Å². The molecule has 0 spiro atoms. The van der Waals surface area contributed by atoms with Crippen LogP contribution in [0, 0.1) is 0 Å². The number of carbonyl (C=O) groups excluding carboxylic acids is 1. The molecule has 2 rings (SSSR count). The van der Waals surface area contributed by atoms with Gasteiger partial charge in [0.15, 0.2) is 0 Å². The Labute approximate surface area is 93.6 Å². The summed E-state index contributed by atoms with van der Waals surface area (Å²) in [6, 6.07) is 7.46. The molecule has 4 nitrogen and oxygen atoms in total. The molecular formula is C12H14N2O2. The van der Waals surface area contributed by atoms with Gasteiger partial charge in [0.2, 0.25) is 5.91 Å². The highest BCUT2D eigenvalue weighted by atomic mass is 16.3. The Hall–Kier alpha value is -1.81. The normalized spacial score (nSPS) is 10.6. The van der Waals surface area contributed by atoms with Crippen LogP contribution in [0.2, 0.25) is 0 Å². The summed E-state index contributed by atoms with van der Waals surface area (Å²) in [4.78, 5) is 11.5. The molecule has 0 fully saturated rings. The molecule has 2 N–H and O–H groups in total. The van der Waals surface area contributed by atoms with Crippen molar-refractivity contribution in [1.29, 1.82) is 0 Å². The van der Waals surface area contributed by atoms with Crippen molar-refractivity contribution >= 4 is 22.6 Å². The van der Waals surface area contributed by atoms with Crippen molar-refractivity contribution in [2.75, 3.05) is 18.9 Å². The maximum atomic E-state index is 11.5. The van der Waals surface area contributed by atoms with Crippen LogP contribution in [0.5, 0.6) is 0 Å². The van der Waals surface area contributed by atoms with Crippen molar-refractivity contribution < 1.29 is 9.21 Å². The molecule has 0 saturated heterocycles. The largest absolute Gasteiger partial charge is 0.464 e. The zero-order valence-corrected chi connectivity index (χ0v) is 9.12. The Kier molecular flexibility index (Phi) is 3.22. The van der Waals surface area contributed by atoms with E-state index >= 15 is 0 Å². The molecule has 1 heterocycles. The van der Waals surface area contributed by atoms with Gasteiger partial charge >= 0.3 is 0 Å². The first-order valence-corrected chi connectivity index (χ1v) is 5.21. The molecule has 0 unspecified atom stereocenters. The van der Waals surface area contributed by atoms with Gasteiger partial charge in [-0.05, 0) is 31.3 Å². The number of hydrogen-bond acceptors (Lipinski definition) is 3. The van der Waals surface area contributed by atoms with Gasteiger partial charge in [0.1, 0.15) is 5.58 Å². The van der Waals surface area contributed by atoms with Crippen LogP contribution in [-0.2, 0) is 4.79 Å². The van der Waals surface area contributed by atoms with Gasteiger partial charge in [-0.25, -0.2) is 0 Å². The molecule has 4 heteroatoms. The lowest BCUT2D eigenvalue weighted by molar-refractivity contribution is -0.116. The first-order valence-electron chi connectivity index (χ1n) is 5.21. The van der Waals surface area contributed by atoms with Gasteiger partial charge < -0.3 is 15.1 Å². The third-order valence-corrected chi connectivity index (χ3v) is 2.34. The van der Waals surface area contributed by atoms with Crippen molar-refractivity contribution in [3.8, 4) is 0 Å². The minimum atomic E-state index is 0.0113. The number of rotatable bonds is 4. The Bertz CT molecular complexity index is 490. The van der Waals surface area contributed by atoms with Gasteiger partial charge in [0.25, 0.3) is 0 Å². The van der Waals surface area contributed by atoms with Crippen molar-refractivity contribution in [1.82, 2.24) is 5.32 Å². The zero-order valence-electron chi connectivity index (χ0n) is 9.12. The van der Waals surface area contributed by atoms with E-state index in [1.54, 1.807) is 6.26 Å². The average molecular weight is 218 g/mol. The van der Waals surface area contributed by atoms with Crippen molar-refractivity contribution in [3.05, 3.63) is 30.5 Å². The predicted octanol–water partition coefficient (Wildman–Crippen LogP) is 1.98. The smallest absolute Gasteiger partial charge is 0.225 e. The lowest BCUT2D eigenvalue weighted by atomic mass is 10.2. The van der Waals surface area contributed by atoms with Crippen LogP contribution >= 0.6 is 0 Å². The second-order valence-corrected chi connectivity index (χ2v) is 3.57. The Morgan fingerprint density at radius 3 is 3.06 bits per heavy atom. The van der Waals surface area contributed by atoms with Crippen LogP contribution in [0.3, 0.4) is 0 Å². The highest BCUT2D eigenvalue weighted by Crippen LogP contribution is 2.19. The lowest BCUT2D eigenvalue weighted by Crippen LogP contribution is -2.18. The van der Waals surface area contributed by atoms with Gasteiger partial charge in [-0.15, -0.1) is 0 Å². The predicted molar refractivity (Wildman–Crippen MR) is 63.4 cm³/mol. The van der Waals surface area contributed by atoms with Crippen LogP contribution < -0.4 is 10.6 Å². The molecule has 0 aliphatic heterocycles. The van der Waals surface area contributed by atoms with E-state index in [-0.39, 0.29) is 5.91 Å². The number of nitrogens with one attached hydrogen (secondary N) is 2. The summed E-state index contributed by atoms with van der Waals surface area (Å²) in [5.41, 5.74) is 1.63. The second kappa shape index (κ2) is 4.81. The SMILES string of the molecule is CNCCC(=O)Nc1ccc2occc2c1. The van der Waals surface area contributed by atoms with Gasteiger partial charge in [0.05, 0.1) is 6.26 Å². The third kappa shape index (κ3) is 2.41. The molecule has 1 amide bonds. The maximum Gasteiger partial charge on any atom is 0.225 e. The van der Waals surface area contributed by atoms with Crippen LogP contribution in [-0.4, -0.2) is 19.5 Å². The molecule has 0 aliphatic rings. The average Bonchev–Trinajstić information content (AvgIpc) is 2.73. The molecular weight excluding hydrogens is 204 g/mol. The first kappa shape index (κ1) is 10.7. The number of carbonyl (C=O) groups is 1. The van der Waals surface area contributed by atoms with Crippen LogP contribution in [0.4, 0.5) is 5.69 Å². The third-order valence-electron chi connectivity index (χ3n) is 2.34. The molecule has 0 radical (unpaired) electrons. The van der Waals surface area contributed by atoms with Crippen LogP contribution in [0.1, 0.15) is 6.42 Å². The molecule has 84 valence electrons. The Morgan fingerprint density at radius 1 is 1.38 bits per heavy atom. The van der Waals surface area contributed by atoms with Gasteiger partial charge in [-0.2, -0.15) is 0 Å². The highest BCUT2D eigenvalue weighted by molar-refractivity contribution is 5.93. The summed E-state index contributed by atoms with van der Waals surface area (Å²) in [6.07, 6.45) is 2.11. The fourth-order valence-corrected chi connectivity index (χ4v) is 1.51. The monoisotopic (exact) mass is 218 g/mol. The number of amides is 1. The summed E-state index contributed by atoms with van der Waals surface area (Å²) in [7, 11) is 1.82. The molecule has 16 heavy (non-hydrogen) atoms. The summed E-state index contributed by atoms with van der Waals surface area (Å²) >= 11 is 0. The molecule has 2 aromatic rings. The molecule has 0 saturated carbocycles. The minimum absolute atomic E-state index is 0.0113. The molecule has 0 bridgehead atoms.